The Hall–Kier alpha value is -1.60. The first-order valence-corrected chi connectivity index (χ1v) is 8.97. The van der Waals surface area contributed by atoms with Crippen LogP contribution in [0.2, 0.25) is 0 Å². The first-order chi connectivity index (χ1) is 11.7. The molecule has 1 aromatic heterocycles. The first-order valence-electron chi connectivity index (χ1n) is 8.97. The van der Waals surface area contributed by atoms with Gasteiger partial charge in [0.2, 0.25) is 0 Å². The zero-order valence-corrected chi connectivity index (χ0v) is 15.6. The van der Waals surface area contributed by atoms with Gasteiger partial charge in [0.05, 0.1) is 18.9 Å². The number of aromatic nitrogens is 2. The molecule has 0 amide bonds. The van der Waals surface area contributed by atoms with E-state index in [1.165, 1.54) is 17.0 Å². The summed E-state index contributed by atoms with van der Waals surface area (Å²) >= 11 is 0. The topological polar surface area (TPSA) is 66.7 Å². The molecule has 24 heavy (non-hydrogen) atoms. The number of aryl methyl sites for hydroxylation is 2. The van der Waals surface area contributed by atoms with Crippen LogP contribution in [0.5, 0.6) is 0 Å². The molecule has 136 valence electrons. The van der Waals surface area contributed by atoms with Crippen LogP contribution in [-0.2, 0) is 31.2 Å². The van der Waals surface area contributed by atoms with E-state index in [4.69, 9.17) is 4.74 Å². The third-order valence-electron chi connectivity index (χ3n) is 4.51. The van der Waals surface area contributed by atoms with Gasteiger partial charge in [-0.2, -0.15) is 5.10 Å². The maximum absolute atomic E-state index is 5.38. The number of aliphatic imine (C=N–C) groups is 1. The molecule has 1 aliphatic heterocycles. The lowest BCUT2D eigenvalue weighted by Crippen LogP contribution is -2.44. The van der Waals surface area contributed by atoms with Gasteiger partial charge in [0.15, 0.2) is 5.96 Å². The molecule has 7 nitrogen and oxygen atoms in total. The number of rotatable bonds is 7. The molecule has 2 rings (SSSR count). The van der Waals surface area contributed by atoms with E-state index in [2.05, 4.69) is 39.5 Å². The second-order valence-corrected chi connectivity index (χ2v) is 6.01. The molecule has 0 unspecified atom stereocenters. The normalized spacial score (nSPS) is 16.4. The largest absolute Gasteiger partial charge is 0.379 e. The summed E-state index contributed by atoms with van der Waals surface area (Å²) < 4.78 is 7.38. The average Bonchev–Trinajstić information content (AvgIpc) is 2.93. The van der Waals surface area contributed by atoms with E-state index in [-0.39, 0.29) is 0 Å². The van der Waals surface area contributed by atoms with E-state index in [1.807, 2.05) is 18.8 Å². The van der Waals surface area contributed by atoms with Crippen LogP contribution in [0.15, 0.2) is 4.99 Å². The Morgan fingerprint density at radius 2 is 1.96 bits per heavy atom. The molecule has 0 aromatic carbocycles. The number of nitrogens with zero attached hydrogens (tertiary/aromatic N) is 4. The molecule has 1 saturated heterocycles. The molecule has 0 aliphatic carbocycles. The van der Waals surface area contributed by atoms with E-state index < -0.39 is 0 Å². The van der Waals surface area contributed by atoms with Gasteiger partial charge in [-0.25, -0.2) is 0 Å². The van der Waals surface area contributed by atoms with Gasteiger partial charge in [0, 0.05) is 58.1 Å². The second kappa shape index (κ2) is 9.64. The van der Waals surface area contributed by atoms with Gasteiger partial charge < -0.3 is 15.4 Å². The highest BCUT2D eigenvalue weighted by atomic mass is 16.5. The predicted octanol–water partition coefficient (Wildman–Crippen LogP) is 0.542. The minimum atomic E-state index is 0.761. The maximum atomic E-state index is 5.38. The van der Waals surface area contributed by atoms with Crippen molar-refractivity contribution in [3.8, 4) is 0 Å². The van der Waals surface area contributed by atoms with Crippen molar-refractivity contribution in [3.63, 3.8) is 0 Å². The van der Waals surface area contributed by atoms with Gasteiger partial charge in [-0.1, -0.05) is 13.8 Å². The van der Waals surface area contributed by atoms with Crippen LogP contribution < -0.4 is 10.6 Å². The quantitative estimate of drug-likeness (QED) is 0.562. The lowest BCUT2D eigenvalue weighted by molar-refractivity contribution is 0.0389. The summed E-state index contributed by atoms with van der Waals surface area (Å²) in [5, 5.41) is 11.5. The monoisotopic (exact) mass is 336 g/mol. The standard InChI is InChI=1S/C17H32N6O/c1-5-15-14(16(6-2)22(4)21-15)13-20-17(18-3)19-7-8-23-9-11-24-12-10-23/h5-13H2,1-4H3,(H2,18,19,20). The van der Waals surface area contributed by atoms with Crippen LogP contribution >= 0.6 is 0 Å². The van der Waals surface area contributed by atoms with E-state index in [0.717, 1.165) is 64.7 Å². The van der Waals surface area contributed by atoms with Gasteiger partial charge >= 0.3 is 0 Å². The van der Waals surface area contributed by atoms with Crippen molar-refractivity contribution in [2.75, 3.05) is 46.4 Å². The predicted molar refractivity (Wildman–Crippen MR) is 97.4 cm³/mol. The van der Waals surface area contributed by atoms with Gasteiger partial charge in [-0.05, 0) is 12.8 Å². The number of nitrogens with one attached hydrogen (secondary N) is 2. The molecule has 0 spiro atoms. The minimum Gasteiger partial charge on any atom is -0.379 e. The molecular formula is C17H32N6O. The van der Waals surface area contributed by atoms with Crippen LogP contribution in [-0.4, -0.2) is 67.1 Å². The van der Waals surface area contributed by atoms with E-state index >= 15 is 0 Å². The van der Waals surface area contributed by atoms with E-state index in [9.17, 15) is 0 Å². The highest BCUT2D eigenvalue weighted by molar-refractivity contribution is 5.79. The number of ether oxygens (including phenoxy) is 1. The van der Waals surface area contributed by atoms with Crippen LogP contribution in [0.25, 0.3) is 0 Å². The SMILES string of the molecule is CCc1nn(C)c(CC)c1CNC(=NC)NCCN1CCOCC1. The highest BCUT2D eigenvalue weighted by Gasteiger charge is 2.14. The second-order valence-electron chi connectivity index (χ2n) is 6.01. The Morgan fingerprint density at radius 3 is 2.58 bits per heavy atom. The van der Waals surface area contributed by atoms with Crippen molar-refractivity contribution >= 4 is 5.96 Å². The molecule has 0 saturated carbocycles. The van der Waals surface area contributed by atoms with Crippen molar-refractivity contribution < 1.29 is 4.74 Å². The fourth-order valence-electron chi connectivity index (χ4n) is 3.14. The molecule has 2 N–H and O–H groups in total. The molecular weight excluding hydrogens is 304 g/mol. The third-order valence-corrected chi connectivity index (χ3v) is 4.51. The van der Waals surface area contributed by atoms with Crippen molar-refractivity contribution in [2.24, 2.45) is 12.0 Å². The average molecular weight is 336 g/mol. The molecule has 2 heterocycles. The molecule has 1 aliphatic rings. The van der Waals surface area contributed by atoms with Gasteiger partial charge in [0.25, 0.3) is 0 Å². The number of morpholine rings is 1. The van der Waals surface area contributed by atoms with E-state index in [1.54, 1.807) is 0 Å². The summed E-state index contributed by atoms with van der Waals surface area (Å²) in [4.78, 5) is 6.74. The summed E-state index contributed by atoms with van der Waals surface area (Å²) in [5.41, 5.74) is 3.77. The van der Waals surface area contributed by atoms with Gasteiger partial charge in [0.1, 0.15) is 0 Å². The molecule has 1 aromatic rings. The first kappa shape index (κ1) is 18.7. The summed E-state index contributed by atoms with van der Waals surface area (Å²) in [5.74, 6) is 0.844. The molecule has 0 bridgehead atoms. The fourth-order valence-corrected chi connectivity index (χ4v) is 3.14. The van der Waals surface area contributed by atoms with Crippen LogP contribution in [0, 0.1) is 0 Å². The Labute approximate surface area is 145 Å². The Balaban J connectivity index is 1.83. The number of hydrogen-bond donors (Lipinski definition) is 2. The number of hydrogen-bond acceptors (Lipinski definition) is 4. The van der Waals surface area contributed by atoms with Crippen molar-refractivity contribution in [2.45, 2.75) is 33.2 Å². The van der Waals surface area contributed by atoms with Gasteiger partial charge in [-0.3, -0.25) is 14.6 Å². The lowest BCUT2D eigenvalue weighted by atomic mass is 10.1. The summed E-state index contributed by atoms with van der Waals surface area (Å²) in [6.45, 7) is 10.7. The summed E-state index contributed by atoms with van der Waals surface area (Å²) in [7, 11) is 3.84. The van der Waals surface area contributed by atoms with Crippen LogP contribution in [0.1, 0.15) is 30.8 Å². The van der Waals surface area contributed by atoms with Crippen molar-refractivity contribution in [1.82, 2.24) is 25.3 Å². The third kappa shape index (κ3) is 4.95. The summed E-state index contributed by atoms with van der Waals surface area (Å²) in [6, 6.07) is 0. The van der Waals surface area contributed by atoms with Crippen LogP contribution in [0.4, 0.5) is 0 Å². The zero-order valence-electron chi connectivity index (χ0n) is 15.6. The summed E-state index contributed by atoms with van der Waals surface area (Å²) in [6.07, 6.45) is 1.94. The Morgan fingerprint density at radius 1 is 1.21 bits per heavy atom. The molecule has 1 fully saturated rings. The smallest absolute Gasteiger partial charge is 0.191 e. The zero-order chi connectivity index (χ0) is 17.4. The Bertz CT molecular complexity index is 533. The lowest BCUT2D eigenvalue weighted by Gasteiger charge is -2.26. The highest BCUT2D eigenvalue weighted by Crippen LogP contribution is 2.15. The van der Waals surface area contributed by atoms with E-state index in [0.29, 0.717) is 0 Å². The molecule has 7 heteroatoms. The fraction of sp³-hybridized carbons (Fsp3) is 0.765. The van der Waals surface area contributed by atoms with Crippen molar-refractivity contribution in [3.05, 3.63) is 17.0 Å². The number of guanidine groups is 1. The maximum Gasteiger partial charge on any atom is 0.191 e. The van der Waals surface area contributed by atoms with Gasteiger partial charge in [-0.15, -0.1) is 0 Å². The molecule has 0 radical (unpaired) electrons. The van der Waals surface area contributed by atoms with Crippen molar-refractivity contribution in [1.29, 1.82) is 0 Å². The van der Waals surface area contributed by atoms with Crippen LogP contribution in [0.3, 0.4) is 0 Å². The molecule has 0 atom stereocenters. The minimum absolute atomic E-state index is 0.761. The Kier molecular flexibility index (Phi) is 7.52.